The monoisotopic (exact) mass is 215 g/mol. The highest BCUT2D eigenvalue weighted by atomic mass is 14.9. The lowest BCUT2D eigenvalue weighted by atomic mass is 10.1. The number of hydrogen-bond donors (Lipinski definition) is 2. The molecule has 1 aromatic heterocycles. The molecule has 0 amide bonds. The summed E-state index contributed by atoms with van der Waals surface area (Å²) in [5.74, 6) is 0.608. The van der Waals surface area contributed by atoms with E-state index in [2.05, 4.69) is 24.1 Å². The van der Waals surface area contributed by atoms with E-state index in [1.54, 1.807) is 6.20 Å². The lowest BCUT2D eigenvalue weighted by molar-refractivity contribution is 0.689. The summed E-state index contributed by atoms with van der Waals surface area (Å²) in [6.45, 7) is 5.30. The number of nitrogens with one attached hydrogen (secondary N) is 1. The largest absolute Gasteiger partial charge is 0.398 e. The van der Waals surface area contributed by atoms with Crippen LogP contribution in [0.2, 0.25) is 0 Å². The molecule has 0 saturated heterocycles. The number of benzene rings is 1. The molecule has 0 aliphatic heterocycles. The van der Waals surface area contributed by atoms with Crippen molar-refractivity contribution in [3.05, 3.63) is 30.5 Å². The summed E-state index contributed by atoms with van der Waals surface area (Å²) >= 11 is 0. The second-order valence-electron chi connectivity index (χ2n) is 4.38. The van der Waals surface area contributed by atoms with Crippen LogP contribution in [0.15, 0.2) is 30.5 Å². The molecule has 3 heteroatoms. The van der Waals surface area contributed by atoms with Crippen molar-refractivity contribution < 1.29 is 0 Å². The Morgan fingerprint density at radius 2 is 2.12 bits per heavy atom. The standard InChI is InChI=1S/C13H17N3/c1-9(2)8-16-12-6-5-11(14)10-4-3-7-15-13(10)12/h3-7,9,16H,8,14H2,1-2H3. The second-order valence-corrected chi connectivity index (χ2v) is 4.38. The lowest BCUT2D eigenvalue weighted by Crippen LogP contribution is -2.08. The van der Waals surface area contributed by atoms with Gasteiger partial charge in [0.1, 0.15) is 0 Å². The molecule has 2 rings (SSSR count). The number of hydrogen-bond acceptors (Lipinski definition) is 3. The predicted molar refractivity (Wildman–Crippen MR) is 69.5 cm³/mol. The summed E-state index contributed by atoms with van der Waals surface area (Å²) in [5.41, 5.74) is 8.69. The molecule has 0 aliphatic rings. The van der Waals surface area contributed by atoms with Gasteiger partial charge < -0.3 is 11.1 Å². The van der Waals surface area contributed by atoms with Crippen molar-refractivity contribution in [1.82, 2.24) is 4.98 Å². The van der Waals surface area contributed by atoms with Crippen LogP contribution in [0.5, 0.6) is 0 Å². The highest BCUT2D eigenvalue weighted by molar-refractivity contribution is 5.98. The van der Waals surface area contributed by atoms with Crippen molar-refractivity contribution in [3.63, 3.8) is 0 Å². The van der Waals surface area contributed by atoms with Crippen LogP contribution in [0.4, 0.5) is 11.4 Å². The Morgan fingerprint density at radius 1 is 1.31 bits per heavy atom. The fourth-order valence-electron chi connectivity index (χ4n) is 1.65. The fraction of sp³-hybridized carbons (Fsp3) is 0.308. The minimum atomic E-state index is 0.608. The zero-order valence-electron chi connectivity index (χ0n) is 9.70. The van der Waals surface area contributed by atoms with Crippen LogP contribution in [0.1, 0.15) is 13.8 Å². The lowest BCUT2D eigenvalue weighted by Gasteiger charge is -2.12. The van der Waals surface area contributed by atoms with Gasteiger partial charge in [-0.2, -0.15) is 0 Å². The number of pyridine rings is 1. The van der Waals surface area contributed by atoms with Crippen LogP contribution in [0.3, 0.4) is 0 Å². The number of aromatic nitrogens is 1. The Bertz CT molecular complexity index is 492. The third kappa shape index (κ3) is 2.08. The van der Waals surface area contributed by atoms with Crippen molar-refractivity contribution in [2.75, 3.05) is 17.6 Å². The number of fused-ring (bicyclic) bond motifs is 1. The third-order valence-corrected chi connectivity index (χ3v) is 2.50. The number of anilines is 2. The van der Waals surface area contributed by atoms with Crippen LogP contribution in [0.25, 0.3) is 10.9 Å². The molecule has 3 nitrogen and oxygen atoms in total. The Labute approximate surface area is 95.7 Å². The van der Waals surface area contributed by atoms with Gasteiger partial charge in [-0.3, -0.25) is 4.98 Å². The molecule has 0 aliphatic carbocycles. The minimum Gasteiger partial charge on any atom is -0.398 e. The molecule has 0 spiro atoms. The molecule has 1 aromatic carbocycles. The molecule has 0 unspecified atom stereocenters. The SMILES string of the molecule is CC(C)CNc1ccc(N)c2cccnc12. The van der Waals surface area contributed by atoms with Gasteiger partial charge in [0.2, 0.25) is 0 Å². The average Bonchev–Trinajstić information content (AvgIpc) is 2.28. The van der Waals surface area contributed by atoms with E-state index in [4.69, 9.17) is 5.73 Å². The van der Waals surface area contributed by atoms with Gasteiger partial charge in [-0.25, -0.2) is 0 Å². The first kappa shape index (κ1) is 10.7. The molecule has 16 heavy (non-hydrogen) atoms. The van der Waals surface area contributed by atoms with E-state index in [-0.39, 0.29) is 0 Å². The van der Waals surface area contributed by atoms with Gasteiger partial charge in [-0.05, 0) is 30.2 Å². The Balaban J connectivity index is 2.42. The van der Waals surface area contributed by atoms with E-state index in [1.807, 2.05) is 24.3 Å². The molecule has 1 heterocycles. The smallest absolute Gasteiger partial charge is 0.0953 e. The quantitative estimate of drug-likeness (QED) is 0.774. The van der Waals surface area contributed by atoms with E-state index < -0.39 is 0 Å². The summed E-state index contributed by atoms with van der Waals surface area (Å²) in [6.07, 6.45) is 1.79. The Hall–Kier alpha value is -1.77. The van der Waals surface area contributed by atoms with Crippen LogP contribution < -0.4 is 11.1 Å². The van der Waals surface area contributed by atoms with Crippen molar-refractivity contribution in [1.29, 1.82) is 0 Å². The van der Waals surface area contributed by atoms with Crippen LogP contribution >= 0.6 is 0 Å². The van der Waals surface area contributed by atoms with E-state index in [9.17, 15) is 0 Å². The maximum absolute atomic E-state index is 5.91. The number of nitrogens with two attached hydrogens (primary N) is 1. The highest BCUT2D eigenvalue weighted by Crippen LogP contribution is 2.26. The van der Waals surface area contributed by atoms with Crippen LogP contribution in [-0.2, 0) is 0 Å². The summed E-state index contributed by atoms with van der Waals surface area (Å²) in [7, 11) is 0. The molecular formula is C13H17N3. The maximum atomic E-state index is 5.91. The zero-order valence-corrected chi connectivity index (χ0v) is 9.70. The summed E-state index contributed by atoms with van der Waals surface area (Å²) < 4.78 is 0. The van der Waals surface area contributed by atoms with E-state index >= 15 is 0 Å². The second kappa shape index (κ2) is 4.39. The molecule has 0 fully saturated rings. The van der Waals surface area contributed by atoms with Gasteiger partial charge in [0, 0.05) is 23.8 Å². The van der Waals surface area contributed by atoms with E-state index in [1.165, 1.54) is 0 Å². The van der Waals surface area contributed by atoms with Gasteiger partial charge in [0.15, 0.2) is 0 Å². The van der Waals surface area contributed by atoms with E-state index in [0.717, 1.165) is 28.8 Å². The molecular weight excluding hydrogens is 198 g/mol. The van der Waals surface area contributed by atoms with Crippen molar-refractivity contribution in [3.8, 4) is 0 Å². The van der Waals surface area contributed by atoms with Crippen molar-refractivity contribution in [2.45, 2.75) is 13.8 Å². The Morgan fingerprint density at radius 3 is 2.88 bits per heavy atom. The van der Waals surface area contributed by atoms with Gasteiger partial charge in [-0.15, -0.1) is 0 Å². The molecule has 3 N–H and O–H groups in total. The minimum absolute atomic E-state index is 0.608. The van der Waals surface area contributed by atoms with Gasteiger partial charge in [0.25, 0.3) is 0 Å². The molecule has 84 valence electrons. The molecule has 0 atom stereocenters. The normalized spacial score (nSPS) is 10.9. The van der Waals surface area contributed by atoms with Crippen LogP contribution in [-0.4, -0.2) is 11.5 Å². The summed E-state index contributed by atoms with van der Waals surface area (Å²) in [4.78, 5) is 4.38. The van der Waals surface area contributed by atoms with Crippen molar-refractivity contribution in [2.24, 2.45) is 5.92 Å². The Kier molecular flexibility index (Phi) is 2.95. The van der Waals surface area contributed by atoms with Crippen LogP contribution in [0, 0.1) is 5.92 Å². The summed E-state index contributed by atoms with van der Waals surface area (Å²) in [6, 6.07) is 7.82. The molecule has 0 bridgehead atoms. The zero-order chi connectivity index (χ0) is 11.5. The molecule has 0 radical (unpaired) electrons. The number of nitrogens with zero attached hydrogens (tertiary/aromatic N) is 1. The van der Waals surface area contributed by atoms with Crippen molar-refractivity contribution >= 4 is 22.3 Å². The third-order valence-electron chi connectivity index (χ3n) is 2.50. The van der Waals surface area contributed by atoms with Gasteiger partial charge in [-0.1, -0.05) is 13.8 Å². The van der Waals surface area contributed by atoms with Gasteiger partial charge in [0.05, 0.1) is 11.2 Å². The number of rotatable bonds is 3. The fourth-order valence-corrected chi connectivity index (χ4v) is 1.65. The first-order valence-electron chi connectivity index (χ1n) is 5.55. The van der Waals surface area contributed by atoms with Gasteiger partial charge >= 0.3 is 0 Å². The number of nitrogen functional groups attached to an aromatic ring is 1. The topological polar surface area (TPSA) is 50.9 Å². The molecule has 2 aromatic rings. The average molecular weight is 215 g/mol. The summed E-state index contributed by atoms with van der Waals surface area (Å²) in [5, 5.41) is 4.41. The highest BCUT2D eigenvalue weighted by Gasteiger charge is 2.04. The maximum Gasteiger partial charge on any atom is 0.0953 e. The first-order valence-corrected chi connectivity index (χ1v) is 5.55. The first-order chi connectivity index (χ1) is 7.68. The molecule has 0 saturated carbocycles. The van der Waals surface area contributed by atoms with E-state index in [0.29, 0.717) is 5.92 Å². The predicted octanol–water partition coefficient (Wildman–Crippen LogP) is 2.88.